The summed E-state index contributed by atoms with van der Waals surface area (Å²) in [6.07, 6.45) is 7.70. The monoisotopic (exact) mass is 386 g/mol. The van der Waals surface area contributed by atoms with Crippen LogP contribution in [0.1, 0.15) is 40.7 Å². The number of rotatable bonds is 10. The van der Waals surface area contributed by atoms with Gasteiger partial charge in [0, 0.05) is 30.5 Å². The van der Waals surface area contributed by atoms with E-state index < -0.39 is 11.8 Å². The molecule has 0 aliphatic carbocycles. The Morgan fingerprint density at radius 2 is 1.62 bits per heavy atom. The Bertz CT molecular complexity index is 873. The van der Waals surface area contributed by atoms with Gasteiger partial charge in [-0.1, -0.05) is 54.6 Å². The molecule has 2 rings (SSSR count). The van der Waals surface area contributed by atoms with E-state index >= 15 is 0 Å². The Morgan fingerprint density at radius 1 is 0.966 bits per heavy atom. The van der Waals surface area contributed by atoms with E-state index in [4.69, 9.17) is 14.3 Å². The number of amides is 2. The third-order valence-electron chi connectivity index (χ3n) is 4.37. The highest BCUT2D eigenvalue weighted by Gasteiger charge is 2.19. The van der Waals surface area contributed by atoms with Gasteiger partial charge >= 0.3 is 0 Å². The highest BCUT2D eigenvalue weighted by Crippen LogP contribution is 2.12. The molecule has 0 saturated heterocycles. The first-order chi connectivity index (χ1) is 14.0. The van der Waals surface area contributed by atoms with E-state index in [9.17, 15) is 14.4 Å². The van der Waals surface area contributed by atoms with Gasteiger partial charge in [0.2, 0.25) is 13.8 Å². The van der Waals surface area contributed by atoms with Crippen LogP contribution in [0.15, 0.2) is 54.6 Å². The maximum Gasteiger partial charge on any atom is 0.242 e. The van der Waals surface area contributed by atoms with Crippen LogP contribution in [0.3, 0.4) is 0 Å². The summed E-state index contributed by atoms with van der Waals surface area (Å²) in [6.45, 7) is 0.474. The number of carbonyl (C=O) groups is 3. The molecule has 2 amide bonds. The molecule has 0 bridgehead atoms. The zero-order chi connectivity index (χ0) is 21.1. The van der Waals surface area contributed by atoms with Crippen LogP contribution >= 0.6 is 0 Å². The van der Waals surface area contributed by atoms with Crippen molar-refractivity contribution in [2.75, 3.05) is 6.54 Å². The second kappa shape index (κ2) is 11.5. The molecule has 2 aromatic rings. The summed E-state index contributed by atoms with van der Waals surface area (Å²) >= 11 is 0. The Labute approximate surface area is 172 Å². The van der Waals surface area contributed by atoms with Crippen LogP contribution < -0.4 is 10.6 Å². The molecule has 2 radical (unpaired) electrons. The Kier molecular flexibility index (Phi) is 8.71. The summed E-state index contributed by atoms with van der Waals surface area (Å²) in [7, 11) is 5.21. The van der Waals surface area contributed by atoms with Crippen molar-refractivity contribution in [2.45, 2.75) is 31.7 Å². The van der Waals surface area contributed by atoms with Crippen molar-refractivity contribution in [3.63, 3.8) is 0 Å². The summed E-state index contributed by atoms with van der Waals surface area (Å²) in [5, 5.41) is 5.26. The Morgan fingerprint density at radius 3 is 2.24 bits per heavy atom. The van der Waals surface area contributed by atoms with Gasteiger partial charge in [-0.15, -0.1) is 12.3 Å². The van der Waals surface area contributed by atoms with Crippen molar-refractivity contribution in [2.24, 2.45) is 0 Å². The molecule has 0 spiro atoms. The minimum absolute atomic E-state index is 0.0753. The van der Waals surface area contributed by atoms with E-state index in [0.29, 0.717) is 24.1 Å². The van der Waals surface area contributed by atoms with Crippen LogP contribution in [0.2, 0.25) is 0 Å². The SMILES string of the molecule is [B]C(=O)N[C@@H](Cc1ccc(C(=O)c2ccccc2)cc1)C(=O)NCCCCC#C. The van der Waals surface area contributed by atoms with Crippen molar-refractivity contribution in [3.05, 3.63) is 71.3 Å². The molecule has 1 atom stereocenters. The minimum Gasteiger partial charge on any atom is -0.354 e. The molecule has 0 saturated carbocycles. The second-order valence-corrected chi connectivity index (χ2v) is 6.61. The normalized spacial score (nSPS) is 11.1. The van der Waals surface area contributed by atoms with Crippen LogP contribution in [-0.4, -0.2) is 37.9 Å². The molecular weight excluding hydrogens is 363 g/mol. The van der Waals surface area contributed by atoms with Crippen molar-refractivity contribution in [1.82, 2.24) is 10.6 Å². The van der Waals surface area contributed by atoms with Gasteiger partial charge in [0.25, 0.3) is 0 Å². The standard InChI is InChI=1S/C23H23BN2O3/c1-2-3-4-8-15-25-22(28)20(26-23(24)29)16-17-11-13-19(14-12-17)21(27)18-9-6-5-7-10-18/h1,5-7,9-14,20H,3-4,8,15-16H2,(H,25,28)(H,26,29)/t20-/m0/s1. The maximum atomic E-state index is 12.5. The van der Waals surface area contributed by atoms with Gasteiger partial charge in [-0.05, 0) is 18.4 Å². The Balaban J connectivity index is 1.99. The number of carbonyl (C=O) groups excluding carboxylic acids is 3. The van der Waals surface area contributed by atoms with Crippen molar-refractivity contribution in [3.8, 4) is 12.3 Å². The van der Waals surface area contributed by atoms with Gasteiger partial charge in [-0.3, -0.25) is 14.4 Å². The van der Waals surface area contributed by atoms with E-state index in [1.54, 1.807) is 36.4 Å². The zero-order valence-corrected chi connectivity index (χ0v) is 16.2. The molecule has 6 heteroatoms. The van der Waals surface area contributed by atoms with Gasteiger partial charge in [0.05, 0.1) is 0 Å². The quantitative estimate of drug-likeness (QED) is 0.285. The van der Waals surface area contributed by atoms with E-state index in [-0.39, 0.29) is 18.1 Å². The summed E-state index contributed by atoms with van der Waals surface area (Å²) in [6, 6.07) is 15.2. The van der Waals surface area contributed by atoms with Crippen molar-refractivity contribution >= 4 is 25.3 Å². The average molecular weight is 386 g/mol. The lowest BCUT2D eigenvalue weighted by atomic mass is 9.98. The number of ketones is 1. The third-order valence-corrected chi connectivity index (χ3v) is 4.37. The second-order valence-electron chi connectivity index (χ2n) is 6.61. The predicted octanol–water partition coefficient (Wildman–Crippen LogP) is 2.63. The van der Waals surface area contributed by atoms with Crippen LogP contribution in [0.4, 0.5) is 4.79 Å². The number of unbranched alkanes of at least 4 members (excludes halogenated alkanes) is 2. The largest absolute Gasteiger partial charge is 0.354 e. The minimum atomic E-state index is -0.796. The lowest BCUT2D eigenvalue weighted by Crippen LogP contribution is -2.48. The molecule has 0 unspecified atom stereocenters. The molecule has 0 aliphatic rings. The molecule has 5 nitrogen and oxygen atoms in total. The summed E-state index contributed by atoms with van der Waals surface area (Å²) in [5.74, 6) is 1.39. The number of nitrogens with one attached hydrogen (secondary N) is 2. The summed E-state index contributed by atoms with van der Waals surface area (Å²) in [4.78, 5) is 36.2. The zero-order valence-electron chi connectivity index (χ0n) is 16.2. The van der Waals surface area contributed by atoms with E-state index in [2.05, 4.69) is 16.6 Å². The van der Waals surface area contributed by atoms with Gasteiger partial charge in [0.1, 0.15) is 6.04 Å². The summed E-state index contributed by atoms with van der Waals surface area (Å²) in [5.41, 5.74) is 1.96. The number of hydrogen-bond acceptors (Lipinski definition) is 3. The molecule has 2 aromatic carbocycles. The average Bonchev–Trinajstić information content (AvgIpc) is 2.73. The molecule has 0 aromatic heterocycles. The summed E-state index contributed by atoms with van der Waals surface area (Å²) < 4.78 is 0. The van der Waals surface area contributed by atoms with Crippen LogP contribution in [0, 0.1) is 12.3 Å². The van der Waals surface area contributed by atoms with Crippen molar-refractivity contribution in [1.29, 1.82) is 0 Å². The first kappa shape index (κ1) is 22.0. The van der Waals surface area contributed by atoms with Crippen LogP contribution in [0.25, 0.3) is 0 Å². The molecular formula is C23H23BN2O3. The lowest BCUT2D eigenvalue weighted by Gasteiger charge is -2.18. The van der Waals surface area contributed by atoms with Crippen LogP contribution in [-0.2, 0) is 11.2 Å². The molecule has 0 fully saturated rings. The van der Waals surface area contributed by atoms with Crippen LogP contribution in [0.5, 0.6) is 0 Å². The molecule has 146 valence electrons. The fraction of sp³-hybridized carbons (Fsp3) is 0.261. The van der Waals surface area contributed by atoms with Gasteiger partial charge in [0.15, 0.2) is 11.6 Å². The van der Waals surface area contributed by atoms with E-state index in [1.807, 2.05) is 18.2 Å². The number of benzene rings is 2. The predicted molar refractivity (Wildman–Crippen MR) is 114 cm³/mol. The smallest absolute Gasteiger partial charge is 0.242 e. The molecule has 0 aliphatic heterocycles. The van der Waals surface area contributed by atoms with Gasteiger partial charge in [-0.2, -0.15) is 0 Å². The van der Waals surface area contributed by atoms with Gasteiger partial charge in [-0.25, -0.2) is 0 Å². The van der Waals surface area contributed by atoms with Gasteiger partial charge < -0.3 is 10.6 Å². The molecule has 29 heavy (non-hydrogen) atoms. The lowest BCUT2D eigenvalue weighted by molar-refractivity contribution is -0.122. The van der Waals surface area contributed by atoms with E-state index in [1.165, 1.54) is 0 Å². The highest BCUT2D eigenvalue weighted by molar-refractivity contribution is 6.57. The topological polar surface area (TPSA) is 75.3 Å². The maximum absolute atomic E-state index is 12.5. The first-order valence-corrected chi connectivity index (χ1v) is 9.47. The first-order valence-electron chi connectivity index (χ1n) is 9.47. The van der Waals surface area contributed by atoms with E-state index in [0.717, 1.165) is 18.4 Å². The number of hydrogen-bond donors (Lipinski definition) is 2. The fourth-order valence-corrected chi connectivity index (χ4v) is 2.85. The number of terminal acetylenes is 1. The fourth-order valence-electron chi connectivity index (χ4n) is 2.85. The Hall–Kier alpha value is -3.33. The molecule has 0 heterocycles. The molecule has 2 N–H and O–H groups in total. The highest BCUT2D eigenvalue weighted by atomic mass is 16.2. The van der Waals surface area contributed by atoms with Crippen molar-refractivity contribution < 1.29 is 14.4 Å². The third kappa shape index (κ3) is 7.30.